The molecule has 2 N–H and O–H groups in total. The molecule has 2 aliphatic heterocycles. The Morgan fingerprint density at radius 2 is 2.04 bits per heavy atom. The molecule has 1 atom stereocenters. The van der Waals surface area contributed by atoms with E-state index in [1.165, 1.54) is 0 Å². The lowest BCUT2D eigenvalue weighted by molar-refractivity contribution is -0.0257. The summed E-state index contributed by atoms with van der Waals surface area (Å²) in [4.78, 5) is 31.2. The normalized spacial score (nSPS) is 25.2. The van der Waals surface area contributed by atoms with Gasteiger partial charge < -0.3 is 19.7 Å². The highest BCUT2D eigenvalue weighted by atomic mass is 16.5. The highest BCUT2D eigenvalue weighted by Crippen LogP contribution is 2.24. The van der Waals surface area contributed by atoms with Gasteiger partial charge >= 0.3 is 0 Å². The topological polar surface area (TPSA) is 85.9 Å². The number of β-amino-alcohol motifs (C(OH)–C–C–N with tert-alkyl or cyclic N) is 1. The number of nitrogens with one attached hydrogen (secondary N) is 1. The van der Waals surface area contributed by atoms with Crippen LogP contribution < -0.4 is 5.56 Å². The standard InChI is InChI=1S/C17H25N3O4/c1-12-9-14(15(21)18-13(12)2)16(22)20-4-3-17(23,11-20)10-19-5-7-24-8-6-19/h9,23H,3-8,10-11H2,1-2H3,(H,18,21)/t17-/m1/s1. The van der Waals surface area contributed by atoms with Gasteiger partial charge in [-0.05, 0) is 31.9 Å². The van der Waals surface area contributed by atoms with Crippen LogP contribution >= 0.6 is 0 Å². The molecule has 7 heteroatoms. The Morgan fingerprint density at radius 1 is 1.33 bits per heavy atom. The Hall–Kier alpha value is -1.70. The average molecular weight is 335 g/mol. The zero-order chi connectivity index (χ0) is 17.3. The summed E-state index contributed by atoms with van der Waals surface area (Å²) in [6, 6.07) is 1.63. The number of carbonyl (C=O) groups is 1. The van der Waals surface area contributed by atoms with Crippen molar-refractivity contribution < 1.29 is 14.6 Å². The summed E-state index contributed by atoms with van der Waals surface area (Å²) in [5.41, 5.74) is 0.502. The number of aromatic amines is 1. The first-order chi connectivity index (χ1) is 11.4. The van der Waals surface area contributed by atoms with Crippen LogP contribution in [0.3, 0.4) is 0 Å². The zero-order valence-electron chi connectivity index (χ0n) is 14.3. The van der Waals surface area contributed by atoms with Gasteiger partial charge in [0.2, 0.25) is 0 Å². The summed E-state index contributed by atoms with van der Waals surface area (Å²) >= 11 is 0. The SMILES string of the molecule is Cc1cc(C(=O)N2CC[C@@](O)(CN3CCOCC3)C2)c(=O)[nH]c1C. The second kappa shape index (κ2) is 6.66. The summed E-state index contributed by atoms with van der Waals surface area (Å²) in [6.45, 7) is 7.88. The van der Waals surface area contributed by atoms with Crippen LogP contribution in [0.25, 0.3) is 0 Å². The van der Waals surface area contributed by atoms with Gasteiger partial charge in [-0.1, -0.05) is 0 Å². The minimum Gasteiger partial charge on any atom is -0.387 e. The number of amides is 1. The minimum atomic E-state index is -0.917. The Balaban J connectivity index is 1.69. The van der Waals surface area contributed by atoms with Crippen LogP contribution in [0.2, 0.25) is 0 Å². The monoisotopic (exact) mass is 335 g/mol. The van der Waals surface area contributed by atoms with Crippen molar-refractivity contribution in [3.05, 3.63) is 33.2 Å². The van der Waals surface area contributed by atoms with Crippen molar-refractivity contribution in [2.24, 2.45) is 0 Å². The summed E-state index contributed by atoms with van der Waals surface area (Å²) in [5.74, 6) is -0.308. The smallest absolute Gasteiger partial charge is 0.261 e. The molecule has 2 saturated heterocycles. The summed E-state index contributed by atoms with van der Waals surface area (Å²) in [5, 5.41) is 10.8. The number of hydrogen-bond donors (Lipinski definition) is 2. The predicted molar refractivity (Wildman–Crippen MR) is 89.3 cm³/mol. The number of aromatic nitrogens is 1. The van der Waals surface area contributed by atoms with Crippen molar-refractivity contribution in [3.8, 4) is 0 Å². The number of hydrogen-bond acceptors (Lipinski definition) is 5. The third-order valence-electron chi connectivity index (χ3n) is 4.97. The number of aryl methyl sites for hydroxylation is 2. The Kier molecular flexibility index (Phi) is 4.76. The first kappa shape index (κ1) is 17.1. The molecular weight excluding hydrogens is 310 g/mol. The van der Waals surface area contributed by atoms with Crippen LogP contribution in [-0.2, 0) is 4.74 Å². The van der Waals surface area contributed by atoms with E-state index in [4.69, 9.17) is 4.74 Å². The number of morpholine rings is 1. The van der Waals surface area contributed by atoms with Gasteiger partial charge in [-0.25, -0.2) is 0 Å². The van der Waals surface area contributed by atoms with Gasteiger partial charge in [0.05, 0.1) is 25.4 Å². The molecule has 24 heavy (non-hydrogen) atoms. The Labute approximate surface area is 141 Å². The Morgan fingerprint density at radius 3 is 2.75 bits per heavy atom. The molecule has 0 aliphatic carbocycles. The summed E-state index contributed by atoms with van der Waals surface area (Å²) < 4.78 is 5.32. The highest BCUT2D eigenvalue weighted by molar-refractivity contribution is 5.94. The molecule has 0 aromatic carbocycles. The van der Waals surface area contributed by atoms with Crippen LogP contribution in [-0.4, -0.2) is 77.3 Å². The van der Waals surface area contributed by atoms with Gasteiger partial charge in [0.25, 0.3) is 11.5 Å². The van der Waals surface area contributed by atoms with Crippen LogP contribution in [0.15, 0.2) is 10.9 Å². The molecule has 3 heterocycles. The first-order valence-electron chi connectivity index (χ1n) is 8.40. The largest absolute Gasteiger partial charge is 0.387 e. The van der Waals surface area contributed by atoms with E-state index in [0.29, 0.717) is 32.7 Å². The molecular formula is C17H25N3O4. The molecule has 132 valence electrons. The van der Waals surface area contributed by atoms with Gasteiger partial charge in [0.1, 0.15) is 5.56 Å². The number of pyridine rings is 1. The molecule has 7 nitrogen and oxygen atoms in total. The van der Waals surface area contributed by atoms with Gasteiger partial charge in [-0.2, -0.15) is 0 Å². The molecule has 2 fully saturated rings. The molecule has 0 saturated carbocycles. The van der Waals surface area contributed by atoms with Crippen molar-refractivity contribution in [3.63, 3.8) is 0 Å². The number of H-pyrrole nitrogens is 1. The van der Waals surface area contributed by atoms with E-state index >= 15 is 0 Å². The van der Waals surface area contributed by atoms with Crippen molar-refractivity contribution in [1.82, 2.24) is 14.8 Å². The van der Waals surface area contributed by atoms with Crippen LogP contribution in [0, 0.1) is 13.8 Å². The lowest BCUT2D eigenvalue weighted by Crippen LogP contribution is -2.49. The summed E-state index contributed by atoms with van der Waals surface area (Å²) in [6.07, 6.45) is 0.527. The van der Waals surface area contributed by atoms with Gasteiger partial charge in [0.15, 0.2) is 0 Å². The van der Waals surface area contributed by atoms with E-state index in [0.717, 1.165) is 24.3 Å². The van der Waals surface area contributed by atoms with E-state index in [1.54, 1.807) is 11.0 Å². The van der Waals surface area contributed by atoms with Crippen molar-refractivity contribution >= 4 is 5.91 Å². The zero-order valence-corrected chi connectivity index (χ0v) is 14.3. The lowest BCUT2D eigenvalue weighted by Gasteiger charge is -2.33. The number of rotatable bonds is 3. The number of carbonyl (C=O) groups excluding carboxylic acids is 1. The van der Waals surface area contributed by atoms with E-state index in [9.17, 15) is 14.7 Å². The Bertz CT molecular complexity index is 681. The fourth-order valence-electron chi connectivity index (χ4n) is 3.39. The van der Waals surface area contributed by atoms with Crippen LogP contribution in [0.1, 0.15) is 28.0 Å². The van der Waals surface area contributed by atoms with E-state index in [-0.39, 0.29) is 23.6 Å². The fourth-order valence-corrected chi connectivity index (χ4v) is 3.39. The second-order valence-corrected chi connectivity index (χ2v) is 6.91. The quantitative estimate of drug-likeness (QED) is 0.806. The van der Waals surface area contributed by atoms with Gasteiger partial charge in [-0.15, -0.1) is 0 Å². The molecule has 0 unspecified atom stereocenters. The molecule has 0 spiro atoms. The molecule has 0 bridgehead atoms. The maximum Gasteiger partial charge on any atom is 0.261 e. The van der Waals surface area contributed by atoms with E-state index < -0.39 is 5.60 Å². The fraction of sp³-hybridized carbons (Fsp3) is 0.647. The number of aliphatic hydroxyl groups is 1. The van der Waals surface area contributed by atoms with E-state index in [1.807, 2.05) is 13.8 Å². The average Bonchev–Trinajstić information content (AvgIpc) is 2.93. The van der Waals surface area contributed by atoms with Gasteiger partial charge in [-0.3, -0.25) is 14.5 Å². The van der Waals surface area contributed by atoms with Crippen LogP contribution in [0.4, 0.5) is 0 Å². The van der Waals surface area contributed by atoms with E-state index in [2.05, 4.69) is 9.88 Å². The molecule has 2 aliphatic rings. The second-order valence-electron chi connectivity index (χ2n) is 6.91. The third kappa shape index (κ3) is 3.53. The molecule has 1 aromatic heterocycles. The minimum absolute atomic E-state index is 0.147. The predicted octanol–water partition coefficient (Wildman–Crippen LogP) is -0.0991. The van der Waals surface area contributed by atoms with Crippen molar-refractivity contribution in [1.29, 1.82) is 0 Å². The van der Waals surface area contributed by atoms with Gasteiger partial charge in [0, 0.05) is 31.9 Å². The number of likely N-dealkylation sites (tertiary alicyclic amines) is 1. The van der Waals surface area contributed by atoms with Crippen molar-refractivity contribution in [2.75, 3.05) is 45.9 Å². The highest BCUT2D eigenvalue weighted by Gasteiger charge is 2.40. The number of nitrogens with zero attached hydrogens (tertiary/aromatic N) is 2. The lowest BCUT2D eigenvalue weighted by atomic mass is 10.0. The summed E-state index contributed by atoms with van der Waals surface area (Å²) in [7, 11) is 0. The molecule has 3 rings (SSSR count). The van der Waals surface area contributed by atoms with Crippen molar-refractivity contribution in [2.45, 2.75) is 25.9 Å². The molecule has 0 radical (unpaired) electrons. The van der Waals surface area contributed by atoms with Crippen LogP contribution in [0.5, 0.6) is 0 Å². The molecule has 1 aromatic rings. The maximum atomic E-state index is 12.7. The third-order valence-corrected chi connectivity index (χ3v) is 4.97. The molecule has 1 amide bonds. The first-order valence-corrected chi connectivity index (χ1v) is 8.40. The maximum absolute atomic E-state index is 12.7. The number of ether oxygens (including phenoxy) is 1.